The van der Waals surface area contributed by atoms with E-state index in [0.29, 0.717) is 0 Å². The molecule has 136 valence electrons. The SMILES string of the molecule is CC1(C)OB(c2cnn([C@@H]3C[C@H]4CC[C@@H](C3)N4C(=O)O)c2)OC1(C)C. The van der Waals surface area contributed by atoms with Crippen LogP contribution in [0.15, 0.2) is 12.4 Å². The van der Waals surface area contributed by atoms with E-state index in [1.165, 1.54) is 0 Å². The van der Waals surface area contributed by atoms with Gasteiger partial charge in [0.25, 0.3) is 0 Å². The summed E-state index contributed by atoms with van der Waals surface area (Å²) in [7, 11) is -0.408. The van der Waals surface area contributed by atoms with Crippen LogP contribution in [0.1, 0.15) is 59.4 Å². The molecule has 25 heavy (non-hydrogen) atoms. The first-order chi connectivity index (χ1) is 11.7. The summed E-state index contributed by atoms with van der Waals surface area (Å²) in [6.45, 7) is 8.15. The highest BCUT2D eigenvalue weighted by Crippen LogP contribution is 2.41. The molecule has 0 saturated carbocycles. The maximum Gasteiger partial charge on any atom is 0.498 e. The Morgan fingerprint density at radius 2 is 1.72 bits per heavy atom. The fourth-order valence-corrected chi connectivity index (χ4v) is 4.33. The van der Waals surface area contributed by atoms with E-state index in [1.54, 1.807) is 4.90 Å². The van der Waals surface area contributed by atoms with Crippen LogP contribution in [-0.2, 0) is 9.31 Å². The zero-order chi connectivity index (χ0) is 18.0. The summed E-state index contributed by atoms with van der Waals surface area (Å²) in [5, 5.41) is 13.9. The van der Waals surface area contributed by atoms with Crippen LogP contribution in [0.3, 0.4) is 0 Å². The zero-order valence-corrected chi connectivity index (χ0v) is 15.3. The summed E-state index contributed by atoms with van der Waals surface area (Å²) in [6, 6.07) is 0.473. The van der Waals surface area contributed by atoms with Gasteiger partial charge in [0.15, 0.2) is 0 Å². The third-order valence-electron chi connectivity index (χ3n) is 6.45. The van der Waals surface area contributed by atoms with Crippen LogP contribution in [0.25, 0.3) is 0 Å². The zero-order valence-electron chi connectivity index (χ0n) is 15.3. The van der Waals surface area contributed by atoms with Crippen LogP contribution in [0.2, 0.25) is 0 Å². The minimum atomic E-state index is -0.788. The summed E-state index contributed by atoms with van der Waals surface area (Å²) in [6.07, 6.45) is 6.60. The number of hydrogen-bond acceptors (Lipinski definition) is 4. The summed E-state index contributed by atoms with van der Waals surface area (Å²) in [4.78, 5) is 13.1. The highest BCUT2D eigenvalue weighted by Gasteiger charge is 2.52. The minimum absolute atomic E-state index is 0.116. The molecular weight excluding hydrogens is 321 g/mol. The van der Waals surface area contributed by atoms with Crippen LogP contribution in [0.4, 0.5) is 4.79 Å². The molecule has 3 aliphatic rings. The van der Waals surface area contributed by atoms with Gasteiger partial charge in [-0.1, -0.05) is 0 Å². The molecule has 0 aliphatic carbocycles. The Hall–Kier alpha value is -1.54. The first-order valence-corrected chi connectivity index (χ1v) is 9.09. The topological polar surface area (TPSA) is 76.8 Å². The first-order valence-electron chi connectivity index (χ1n) is 9.09. The van der Waals surface area contributed by atoms with Gasteiger partial charge in [-0.15, -0.1) is 0 Å². The lowest BCUT2D eigenvalue weighted by molar-refractivity contribution is 0.00578. The number of fused-ring (bicyclic) bond motifs is 2. The maximum absolute atomic E-state index is 11.4. The van der Waals surface area contributed by atoms with E-state index in [0.717, 1.165) is 31.1 Å². The van der Waals surface area contributed by atoms with Gasteiger partial charge in [-0.25, -0.2) is 4.79 Å². The smallest absolute Gasteiger partial charge is 0.465 e. The highest BCUT2D eigenvalue weighted by atomic mass is 16.7. The fraction of sp³-hybridized carbons (Fsp3) is 0.765. The van der Waals surface area contributed by atoms with Crippen molar-refractivity contribution in [3.8, 4) is 0 Å². The number of carboxylic acid groups (broad SMARTS) is 1. The quantitative estimate of drug-likeness (QED) is 0.829. The lowest BCUT2D eigenvalue weighted by atomic mass is 9.82. The number of hydrogen-bond donors (Lipinski definition) is 1. The van der Waals surface area contributed by atoms with Crippen molar-refractivity contribution in [2.24, 2.45) is 0 Å². The van der Waals surface area contributed by atoms with Crippen molar-refractivity contribution >= 4 is 18.7 Å². The van der Waals surface area contributed by atoms with Crippen molar-refractivity contribution < 1.29 is 19.2 Å². The van der Waals surface area contributed by atoms with Gasteiger partial charge in [0.2, 0.25) is 0 Å². The molecule has 1 amide bonds. The largest absolute Gasteiger partial charge is 0.498 e. The Morgan fingerprint density at radius 3 is 2.24 bits per heavy atom. The van der Waals surface area contributed by atoms with Gasteiger partial charge < -0.3 is 19.3 Å². The minimum Gasteiger partial charge on any atom is -0.465 e. The van der Waals surface area contributed by atoms with Crippen LogP contribution >= 0.6 is 0 Å². The lowest BCUT2D eigenvalue weighted by Gasteiger charge is -2.37. The molecule has 3 saturated heterocycles. The summed E-state index contributed by atoms with van der Waals surface area (Å²) in [5.74, 6) is 0. The maximum atomic E-state index is 11.4. The van der Waals surface area contributed by atoms with E-state index >= 15 is 0 Å². The fourth-order valence-electron chi connectivity index (χ4n) is 4.33. The van der Waals surface area contributed by atoms with Crippen molar-refractivity contribution in [1.82, 2.24) is 14.7 Å². The van der Waals surface area contributed by atoms with E-state index in [1.807, 2.05) is 44.8 Å². The third kappa shape index (κ3) is 2.66. The number of rotatable bonds is 2. The molecule has 1 aromatic rings. The molecule has 3 fully saturated rings. The Balaban J connectivity index is 1.49. The van der Waals surface area contributed by atoms with Crippen LogP contribution in [0, 0.1) is 0 Å². The van der Waals surface area contributed by atoms with Crippen LogP contribution in [-0.4, -0.2) is 56.3 Å². The van der Waals surface area contributed by atoms with Crippen LogP contribution in [0.5, 0.6) is 0 Å². The highest BCUT2D eigenvalue weighted by molar-refractivity contribution is 6.62. The molecule has 8 heteroatoms. The molecule has 0 radical (unpaired) electrons. The Bertz CT molecular complexity index is 659. The van der Waals surface area contributed by atoms with E-state index in [9.17, 15) is 9.90 Å². The molecule has 0 spiro atoms. The summed E-state index contributed by atoms with van der Waals surface area (Å²) < 4.78 is 14.2. The number of amides is 1. The number of carbonyl (C=O) groups is 1. The molecule has 7 nitrogen and oxygen atoms in total. The van der Waals surface area contributed by atoms with Gasteiger partial charge in [-0.05, 0) is 53.4 Å². The van der Waals surface area contributed by atoms with E-state index < -0.39 is 13.2 Å². The third-order valence-corrected chi connectivity index (χ3v) is 6.45. The number of aromatic nitrogens is 2. The summed E-state index contributed by atoms with van der Waals surface area (Å²) in [5.41, 5.74) is 0.184. The molecule has 1 N–H and O–H groups in total. The van der Waals surface area contributed by atoms with Gasteiger partial charge in [-0.3, -0.25) is 4.68 Å². The summed E-state index contributed by atoms with van der Waals surface area (Å²) >= 11 is 0. The van der Waals surface area contributed by atoms with Crippen molar-refractivity contribution in [3.63, 3.8) is 0 Å². The first kappa shape index (κ1) is 16.9. The van der Waals surface area contributed by atoms with E-state index in [-0.39, 0.29) is 29.3 Å². The van der Waals surface area contributed by atoms with Crippen molar-refractivity contribution in [1.29, 1.82) is 0 Å². The van der Waals surface area contributed by atoms with Crippen molar-refractivity contribution in [3.05, 3.63) is 12.4 Å². The Kier molecular flexibility index (Phi) is 3.71. The second kappa shape index (κ2) is 5.48. The molecule has 3 aliphatic heterocycles. The van der Waals surface area contributed by atoms with Gasteiger partial charge in [-0.2, -0.15) is 5.10 Å². The molecule has 0 aromatic carbocycles. The van der Waals surface area contributed by atoms with Gasteiger partial charge in [0.05, 0.1) is 17.2 Å². The average molecular weight is 347 g/mol. The molecule has 2 bridgehead atoms. The van der Waals surface area contributed by atoms with Gasteiger partial charge in [0, 0.05) is 29.9 Å². The molecule has 3 atom stereocenters. The molecule has 4 rings (SSSR count). The second-order valence-corrected chi connectivity index (χ2v) is 8.54. The monoisotopic (exact) mass is 347 g/mol. The van der Waals surface area contributed by atoms with Crippen molar-refractivity contribution in [2.45, 2.75) is 82.7 Å². The standard InChI is InChI=1S/C17H26BN3O4/c1-16(2)17(3,4)25-18(24-16)11-9-19-20(10-11)14-7-12-5-6-13(8-14)21(12)15(22)23/h9-10,12-14H,5-8H2,1-4H3,(H,22,23)/t12-,13+,14-. The van der Waals surface area contributed by atoms with Crippen LogP contribution < -0.4 is 5.46 Å². The normalized spacial score (nSPS) is 33.0. The number of nitrogens with zero attached hydrogens (tertiary/aromatic N) is 3. The molecule has 1 aromatic heterocycles. The van der Waals surface area contributed by atoms with Gasteiger partial charge >= 0.3 is 13.2 Å². The molecule has 0 unspecified atom stereocenters. The second-order valence-electron chi connectivity index (χ2n) is 8.54. The van der Waals surface area contributed by atoms with Gasteiger partial charge in [0.1, 0.15) is 0 Å². The Labute approximate surface area is 148 Å². The van der Waals surface area contributed by atoms with Crippen molar-refractivity contribution in [2.75, 3.05) is 0 Å². The average Bonchev–Trinajstić information content (AvgIpc) is 3.14. The predicted octanol–water partition coefficient (Wildman–Crippen LogP) is 2.03. The number of piperidine rings is 1. The molecular formula is C17H26BN3O4. The lowest BCUT2D eigenvalue weighted by Crippen LogP contribution is -2.46. The molecule has 4 heterocycles. The van der Waals surface area contributed by atoms with E-state index in [2.05, 4.69) is 5.10 Å². The predicted molar refractivity (Wildman–Crippen MR) is 92.9 cm³/mol. The Morgan fingerprint density at radius 1 is 1.16 bits per heavy atom. The van der Waals surface area contributed by atoms with E-state index in [4.69, 9.17) is 9.31 Å².